The van der Waals surface area contributed by atoms with Crippen molar-refractivity contribution in [2.24, 2.45) is 0 Å². The molecular formula is C22H23ClN4O2. The van der Waals surface area contributed by atoms with E-state index in [1.54, 1.807) is 19.1 Å². The number of ether oxygens (including phenoxy) is 1. The molecule has 150 valence electrons. The van der Waals surface area contributed by atoms with E-state index in [1.807, 2.05) is 43.3 Å². The number of carbonyl (C=O) groups excluding carboxylic acids is 1. The zero-order valence-corrected chi connectivity index (χ0v) is 17.2. The second kappa shape index (κ2) is 9.39. The molecule has 0 bridgehead atoms. The maximum Gasteiger partial charge on any atom is 0.338 e. The minimum absolute atomic E-state index is 0.197. The molecule has 6 nitrogen and oxygen atoms in total. The van der Waals surface area contributed by atoms with E-state index in [1.165, 1.54) is 0 Å². The van der Waals surface area contributed by atoms with Crippen LogP contribution in [0.25, 0.3) is 11.3 Å². The monoisotopic (exact) mass is 410 g/mol. The van der Waals surface area contributed by atoms with E-state index in [4.69, 9.17) is 22.1 Å². The molecule has 0 aliphatic heterocycles. The van der Waals surface area contributed by atoms with Gasteiger partial charge in [0.1, 0.15) is 5.82 Å². The minimum atomic E-state index is -0.308. The van der Waals surface area contributed by atoms with Gasteiger partial charge in [0.15, 0.2) is 0 Å². The Hall–Kier alpha value is -3.12. The van der Waals surface area contributed by atoms with E-state index in [0.29, 0.717) is 29.6 Å². The molecule has 1 heterocycles. The number of nitrogen functional groups attached to an aromatic ring is 1. The first-order valence-corrected chi connectivity index (χ1v) is 9.75. The molecule has 0 fully saturated rings. The maximum atomic E-state index is 11.7. The summed E-state index contributed by atoms with van der Waals surface area (Å²) in [6.45, 7) is 4.76. The van der Waals surface area contributed by atoms with E-state index in [0.717, 1.165) is 28.8 Å². The molecule has 0 unspecified atom stereocenters. The quantitative estimate of drug-likeness (QED) is 0.556. The molecule has 0 aliphatic rings. The molecule has 0 amide bonds. The Labute approximate surface area is 175 Å². The molecular weight excluding hydrogens is 388 g/mol. The molecule has 3 rings (SSSR count). The molecule has 29 heavy (non-hydrogen) atoms. The smallest absolute Gasteiger partial charge is 0.338 e. The molecule has 0 aliphatic carbocycles. The van der Waals surface area contributed by atoms with Crippen molar-refractivity contribution in [3.63, 3.8) is 0 Å². The predicted molar refractivity (Wildman–Crippen MR) is 116 cm³/mol. The van der Waals surface area contributed by atoms with Gasteiger partial charge in [-0.05, 0) is 49.6 Å². The number of anilines is 2. The normalized spacial score (nSPS) is 10.6. The average molecular weight is 411 g/mol. The van der Waals surface area contributed by atoms with Crippen LogP contribution in [-0.4, -0.2) is 29.1 Å². The van der Waals surface area contributed by atoms with Crippen LogP contribution in [-0.2, 0) is 11.2 Å². The molecule has 0 radical (unpaired) electrons. The van der Waals surface area contributed by atoms with Gasteiger partial charge in [-0.15, -0.1) is 0 Å². The number of halogens is 1. The van der Waals surface area contributed by atoms with Crippen molar-refractivity contribution in [1.29, 1.82) is 0 Å². The van der Waals surface area contributed by atoms with Crippen molar-refractivity contribution in [1.82, 2.24) is 9.97 Å². The number of carbonyl (C=O) groups is 1. The van der Waals surface area contributed by atoms with Gasteiger partial charge in [-0.2, -0.15) is 4.98 Å². The lowest BCUT2D eigenvalue weighted by Crippen LogP contribution is -2.09. The Balaban J connectivity index is 1.66. The Kier molecular flexibility index (Phi) is 6.67. The summed E-state index contributed by atoms with van der Waals surface area (Å²) in [5.74, 6) is 0.538. The van der Waals surface area contributed by atoms with Gasteiger partial charge in [-0.25, -0.2) is 9.78 Å². The van der Waals surface area contributed by atoms with Crippen LogP contribution in [0.1, 0.15) is 28.4 Å². The first-order valence-electron chi connectivity index (χ1n) is 9.38. The Bertz CT molecular complexity index is 1010. The van der Waals surface area contributed by atoms with Gasteiger partial charge >= 0.3 is 5.97 Å². The third kappa shape index (κ3) is 5.23. The van der Waals surface area contributed by atoms with Gasteiger partial charge in [-0.1, -0.05) is 35.9 Å². The second-order valence-corrected chi connectivity index (χ2v) is 6.91. The lowest BCUT2D eigenvalue weighted by molar-refractivity contribution is 0.0526. The number of rotatable bonds is 7. The lowest BCUT2D eigenvalue weighted by Gasteiger charge is -2.11. The van der Waals surface area contributed by atoms with E-state index in [-0.39, 0.29) is 11.9 Å². The second-order valence-electron chi connectivity index (χ2n) is 6.50. The van der Waals surface area contributed by atoms with Gasteiger partial charge < -0.3 is 15.8 Å². The molecule has 3 aromatic rings. The molecule has 1 aromatic heterocycles. The zero-order valence-electron chi connectivity index (χ0n) is 16.4. The van der Waals surface area contributed by atoms with Crippen LogP contribution in [0.15, 0.2) is 48.5 Å². The highest BCUT2D eigenvalue weighted by Gasteiger charge is 2.10. The Morgan fingerprint density at radius 1 is 1.17 bits per heavy atom. The van der Waals surface area contributed by atoms with Crippen LogP contribution in [0.2, 0.25) is 5.02 Å². The number of aromatic nitrogens is 2. The lowest BCUT2D eigenvalue weighted by atomic mass is 10.1. The highest BCUT2D eigenvalue weighted by molar-refractivity contribution is 6.31. The topological polar surface area (TPSA) is 90.1 Å². The largest absolute Gasteiger partial charge is 0.462 e. The summed E-state index contributed by atoms with van der Waals surface area (Å²) < 4.78 is 5.00. The van der Waals surface area contributed by atoms with Crippen LogP contribution < -0.4 is 11.1 Å². The van der Waals surface area contributed by atoms with Crippen molar-refractivity contribution in [3.8, 4) is 11.3 Å². The molecule has 7 heteroatoms. The molecule has 3 N–H and O–H groups in total. The Morgan fingerprint density at radius 3 is 2.66 bits per heavy atom. The number of esters is 1. The van der Waals surface area contributed by atoms with Crippen LogP contribution in [0.4, 0.5) is 11.8 Å². The standard InChI is InChI=1S/C22H23ClN4O2/c1-3-29-21(28)16-9-7-15(8-10-16)11-12-25-20-13-19(26-22(24)27-20)17-5-4-6-18(23)14(17)2/h4-10,13H,3,11-12H2,1-2H3,(H3,24,25,26,27). The number of hydrogen-bond acceptors (Lipinski definition) is 6. The number of nitrogens with two attached hydrogens (primary N) is 1. The van der Waals surface area contributed by atoms with Gasteiger partial charge in [0.25, 0.3) is 0 Å². The highest BCUT2D eigenvalue weighted by atomic mass is 35.5. The molecule has 0 saturated heterocycles. The summed E-state index contributed by atoms with van der Waals surface area (Å²) in [4.78, 5) is 20.3. The van der Waals surface area contributed by atoms with Crippen molar-refractivity contribution >= 4 is 29.3 Å². The molecule has 0 atom stereocenters. The SMILES string of the molecule is CCOC(=O)c1ccc(CCNc2cc(-c3cccc(Cl)c3C)nc(N)n2)cc1. The third-order valence-corrected chi connectivity index (χ3v) is 4.88. The first-order chi connectivity index (χ1) is 14.0. The minimum Gasteiger partial charge on any atom is -0.462 e. The summed E-state index contributed by atoms with van der Waals surface area (Å²) in [5, 5.41) is 3.96. The summed E-state index contributed by atoms with van der Waals surface area (Å²) in [5.41, 5.74) is 10.1. The number of nitrogens with zero attached hydrogens (tertiary/aromatic N) is 2. The first kappa shape index (κ1) is 20.6. The summed E-state index contributed by atoms with van der Waals surface area (Å²) in [7, 11) is 0. The third-order valence-electron chi connectivity index (χ3n) is 4.47. The van der Waals surface area contributed by atoms with Crippen molar-refractivity contribution in [2.45, 2.75) is 20.3 Å². The summed E-state index contributed by atoms with van der Waals surface area (Å²) in [6.07, 6.45) is 0.762. The van der Waals surface area contributed by atoms with Crippen molar-refractivity contribution in [2.75, 3.05) is 24.2 Å². The zero-order chi connectivity index (χ0) is 20.8. The molecule has 0 spiro atoms. The van der Waals surface area contributed by atoms with E-state index in [9.17, 15) is 4.79 Å². The fourth-order valence-electron chi connectivity index (χ4n) is 2.94. The summed E-state index contributed by atoms with van der Waals surface area (Å²) >= 11 is 6.22. The van der Waals surface area contributed by atoms with Crippen LogP contribution in [0.5, 0.6) is 0 Å². The number of nitrogens with one attached hydrogen (secondary N) is 1. The van der Waals surface area contributed by atoms with Crippen molar-refractivity contribution in [3.05, 3.63) is 70.2 Å². The highest BCUT2D eigenvalue weighted by Crippen LogP contribution is 2.28. The van der Waals surface area contributed by atoms with E-state index >= 15 is 0 Å². The van der Waals surface area contributed by atoms with Crippen molar-refractivity contribution < 1.29 is 9.53 Å². The van der Waals surface area contributed by atoms with Gasteiger partial charge in [0.2, 0.25) is 5.95 Å². The van der Waals surface area contributed by atoms with Gasteiger partial charge in [0.05, 0.1) is 17.9 Å². The predicted octanol–water partition coefficient (Wildman–Crippen LogP) is 4.52. The number of benzene rings is 2. The maximum absolute atomic E-state index is 11.7. The Morgan fingerprint density at radius 2 is 1.93 bits per heavy atom. The van der Waals surface area contributed by atoms with E-state index in [2.05, 4.69) is 15.3 Å². The average Bonchev–Trinajstić information content (AvgIpc) is 2.70. The molecule has 0 saturated carbocycles. The van der Waals surface area contributed by atoms with Crippen LogP contribution in [0.3, 0.4) is 0 Å². The number of hydrogen-bond donors (Lipinski definition) is 2. The van der Waals surface area contributed by atoms with E-state index < -0.39 is 0 Å². The van der Waals surface area contributed by atoms with Gasteiger partial charge in [-0.3, -0.25) is 0 Å². The van der Waals surface area contributed by atoms with Crippen LogP contribution >= 0.6 is 11.6 Å². The molecule has 2 aromatic carbocycles. The fraction of sp³-hybridized carbons (Fsp3) is 0.227. The van der Waals surface area contributed by atoms with Gasteiger partial charge in [0, 0.05) is 23.2 Å². The fourth-order valence-corrected chi connectivity index (χ4v) is 3.11. The van der Waals surface area contributed by atoms with Crippen LogP contribution in [0, 0.1) is 6.92 Å². The summed E-state index contributed by atoms with van der Waals surface area (Å²) in [6, 6.07) is 14.9.